The van der Waals surface area contributed by atoms with Gasteiger partial charge in [-0.3, -0.25) is 4.79 Å². The Morgan fingerprint density at radius 2 is 1.95 bits per heavy atom. The summed E-state index contributed by atoms with van der Waals surface area (Å²) in [6, 6.07) is 14.3. The molecule has 0 fully saturated rings. The molecule has 4 nitrogen and oxygen atoms in total. The second-order valence-electron chi connectivity index (χ2n) is 4.86. The van der Waals surface area contributed by atoms with E-state index in [-0.39, 0.29) is 12.5 Å². The van der Waals surface area contributed by atoms with E-state index >= 15 is 0 Å². The smallest absolute Gasteiger partial charge is 0.261 e. The summed E-state index contributed by atoms with van der Waals surface area (Å²) in [5.41, 5.74) is 1.68. The summed E-state index contributed by atoms with van der Waals surface area (Å²) in [5.74, 6) is 0.318. The Bertz CT molecular complexity index is 645. The van der Waals surface area contributed by atoms with E-state index in [0.717, 1.165) is 11.1 Å². The molecule has 22 heavy (non-hydrogen) atoms. The second-order valence-corrected chi connectivity index (χ2v) is 5.30. The first-order chi connectivity index (χ1) is 10.6. The molecule has 0 bridgehead atoms. The van der Waals surface area contributed by atoms with Crippen molar-refractivity contribution in [1.82, 2.24) is 5.32 Å². The molecule has 1 amide bonds. The van der Waals surface area contributed by atoms with E-state index in [1.165, 1.54) is 0 Å². The molecule has 2 aromatic carbocycles. The highest BCUT2D eigenvalue weighted by atomic mass is 35.5. The van der Waals surface area contributed by atoms with Gasteiger partial charge in [0.15, 0.2) is 6.10 Å². The molecule has 116 valence electrons. The standard InChI is InChI=1S/C17H18ClNO3/c1-12(22-16-8-4-7-15(18)9-16)17(21)19-10-13-5-2-3-6-14(13)11-20/h2-9,12,20H,10-11H2,1H3,(H,19,21). The lowest BCUT2D eigenvalue weighted by atomic mass is 10.1. The molecule has 2 aromatic rings. The van der Waals surface area contributed by atoms with Crippen LogP contribution in [0.15, 0.2) is 48.5 Å². The summed E-state index contributed by atoms with van der Waals surface area (Å²) in [4.78, 5) is 12.1. The average molecular weight is 320 g/mol. The Morgan fingerprint density at radius 1 is 1.23 bits per heavy atom. The number of rotatable bonds is 6. The third-order valence-corrected chi connectivity index (χ3v) is 3.46. The van der Waals surface area contributed by atoms with Crippen molar-refractivity contribution in [1.29, 1.82) is 0 Å². The van der Waals surface area contributed by atoms with E-state index in [4.69, 9.17) is 16.3 Å². The van der Waals surface area contributed by atoms with Gasteiger partial charge in [0.25, 0.3) is 5.91 Å². The molecular formula is C17H18ClNO3. The summed E-state index contributed by atoms with van der Waals surface area (Å²) < 4.78 is 5.56. The third-order valence-electron chi connectivity index (χ3n) is 3.22. The van der Waals surface area contributed by atoms with Crippen LogP contribution in [0.2, 0.25) is 5.02 Å². The zero-order valence-corrected chi connectivity index (χ0v) is 13.0. The summed E-state index contributed by atoms with van der Waals surface area (Å²) in [6.07, 6.45) is -0.639. The maximum atomic E-state index is 12.1. The van der Waals surface area contributed by atoms with Gasteiger partial charge in [-0.2, -0.15) is 0 Å². The van der Waals surface area contributed by atoms with E-state index in [9.17, 15) is 9.90 Å². The molecule has 0 aromatic heterocycles. The first-order valence-electron chi connectivity index (χ1n) is 6.97. The first-order valence-corrected chi connectivity index (χ1v) is 7.35. The minimum absolute atomic E-state index is 0.0549. The van der Waals surface area contributed by atoms with E-state index in [1.807, 2.05) is 24.3 Å². The zero-order chi connectivity index (χ0) is 15.9. The number of ether oxygens (including phenoxy) is 1. The number of hydrogen-bond acceptors (Lipinski definition) is 3. The van der Waals surface area contributed by atoms with Crippen LogP contribution >= 0.6 is 11.6 Å². The summed E-state index contributed by atoms with van der Waals surface area (Å²) >= 11 is 5.88. The van der Waals surface area contributed by atoms with Gasteiger partial charge >= 0.3 is 0 Å². The molecule has 0 saturated heterocycles. The van der Waals surface area contributed by atoms with Crippen molar-refractivity contribution in [2.24, 2.45) is 0 Å². The summed E-state index contributed by atoms with van der Waals surface area (Å²) in [6.45, 7) is 1.97. The molecule has 2 N–H and O–H groups in total. The quantitative estimate of drug-likeness (QED) is 0.860. The normalized spacial score (nSPS) is 11.8. The molecule has 0 spiro atoms. The zero-order valence-electron chi connectivity index (χ0n) is 12.3. The molecule has 2 rings (SSSR count). The number of halogens is 1. The van der Waals surface area contributed by atoms with Gasteiger partial charge in [0, 0.05) is 11.6 Å². The molecule has 0 heterocycles. The topological polar surface area (TPSA) is 58.6 Å². The van der Waals surface area contributed by atoms with Crippen molar-refractivity contribution in [2.45, 2.75) is 26.2 Å². The molecule has 1 atom stereocenters. The molecular weight excluding hydrogens is 302 g/mol. The highest BCUT2D eigenvalue weighted by Gasteiger charge is 2.14. The highest BCUT2D eigenvalue weighted by Crippen LogP contribution is 2.18. The largest absolute Gasteiger partial charge is 0.481 e. The molecule has 0 saturated carbocycles. The van der Waals surface area contributed by atoms with E-state index < -0.39 is 6.10 Å². The van der Waals surface area contributed by atoms with Crippen LogP contribution in [0, 0.1) is 0 Å². The second kappa shape index (κ2) is 7.82. The lowest BCUT2D eigenvalue weighted by molar-refractivity contribution is -0.127. The summed E-state index contributed by atoms with van der Waals surface area (Å²) in [7, 11) is 0. The van der Waals surface area contributed by atoms with Crippen LogP contribution in [0.4, 0.5) is 0 Å². The fourth-order valence-corrected chi connectivity index (χ4v) is 2.19. The minimum atomic E-state index is -0.639. The number of aliphatic hydroxyl groups excluding tert-OH is 1. The monoisotopic (exact) mass is 319 g/mol. The Kier molecular flexibility index (Phi) is 5.81. The predicted molar refractivity (Wildman–Crippen MR) is 85.8 cm³/mol. The van der Waals surface area contributed by atoms with E-state index in [1.54, 1.807) is 31.2 Å². The van der Waals surface area contributed by atoms with Gasteiger partial charge in [-0.1, -0.05) is 41.9 Å². The van der Waals surface area contributed by atoms with Gasteiger partial charge in [-0.25, -0.2) is 0 Å². The fraction of sp³-hybridized carbons (Fsp3) is 0.235. The Morgan fingerprint density at radius 3 is 2.64 bits per heavy atom. The maximum absolute atomic E-state index is 12.1. The lowest BCUT2D eigenvalue weighted by Crippen LogP contribution is -2.36. The number of nitrogens with one attached hydrogen (secondary N) is 1. The number of hydrogen-bond donors (Lipinski definition) is 2. The van der Waals surface area contributed by atoms with Crippen LogP contribution in [-0.4, -0.2) is 17.1 Å². The Balaban J connectivity index is 1.91. The van der Waals surface area contributed by atoms with Crippen molar-refractivity contribution in [3.05, 3.63) is 64.7 Å². The fourth-order valence-electron chi connectivity index (χ4n) is 2.01. The van der Waals surface area contributed by atoms with Crippen molar-refractivity contribution < 1.29 is 14.6 Å². The van der Waals surface area contributed by atoms with Gasteiger partial charge in [0.2, 0.25) is 0 Å². The predicted octanol–water partition coefficient (Wildman–Crippen LogP) is 2.92. The van der Waals surface area contributed by atoms with E-state index in [2.05, 4.69) is 5.32 Å². The summed E-state index contributed by atoms with van der Waals surface area (Å²) in [5, 5.41) is 12.6. The van der Waals surface area contributed by atoms with Crippen LogP contribution in [0.25, 0.3) is 0 Å². The van der Waals surface area contributed by atoms with Crippen molar-refractivity contribution in [2.75, 3.05) is 0 Å². The number of benzene rings is 2. The van der Waals surface area contributed by atoms with Crippen molar-refractivity contribution >= 4 is 17.5 Å². The number of carbonyl (C=O) groups excluding carboxylic acids is 1. The molecule has 0 aliphatic carbocycles. The number of carbonyl (C=O) groups is 1. The molecule has 1 unspecified atom stereocenters. The molecule has 5 heteroatoms. The third kappa shape index (κ3) is 4.48. The van der Waals surface area contributed by atoms with Gasteiger partial charge in [-0.15, -0.1) is 0 Å². The van der Waals surface area contributed by atoms with E-state index in [0.29, 0.717) is 17.3 Å². The maximum Gasteiger partial charge on any atom is 0.261 e. The van der Waals surface area contributed by atoms with Gasteiger partial charge in [0.1, 0.15) is 5.75 Å². The molecule has 0 aliphatic rings. The van der Waals surface area contributed by atoms with Crippen molar-refractivity contribution in [3.63, 3.8) is 0 Å². The van der Waals surface area contributed by atoms with Crippen molar-refractivity contribution in [3.8, 4) is 5.75 Å². The SMILES string of the molecule is CC(Oc1cccc(Cl)c1)C(=O)NCc1ccccc1CO. The number of aliphatic hydroxyl groups is 1. The van der Waals surface area contributed by atoms with Crippen LogP contribution in [-0.2, 0) is 17.9 Å². The lowest BCUT2D eigenvalue weighted by Gasteiger charge is -2.15. The number of amides is 1. The van der Waals surface area contributed by atoms with Crippen LogP contribution in [0.1, 0.15) is 18.1 Å². The average Bonchev–Trinajstić information content (AvgIpc) is 2.52. The van der Waals surface area contributed by atoms with Gasteiger partial charge in [-0.05, 0) is 36.2 Å². The Labute approximate surface area is 134 Å². The van der Waals surface area contributed by atoms with Gasteiger partial charge in [0.05, 0.1) is 6.61 Å². The molecule has 0 radical (unpaired) electrons. The first kappa shape index (κ1) is 16.3. The highest BCUT2D eigenvalue weighted by molar-refractivity contribution is 6.30. The Hall–Kier alpha value is -2.04. The van der Waals surface area contributed by atoms with Gasteiger partial charge < -0.3 is 15.2 Å². The van der Waals surface area contributed by atoms with Crippen LogP contribution < -0.4 is 10.1 Å². The molecule has 0 aliphatic heterocycles. The van der Waals surface area contributed by atoms with Crippen LogP contribution in [0.5, 0.6) is 5.75 Å². The minimum Gasteiger partial charge on any atom is -0.481 e. The van der Waals surface area contributed by atoms with Crippen LogP contribution in [0.3, 0.4) is 0 Å².